The Morgan fingerprint density at radius 3 is 2.30 bits per heavy atom. The molecule has 1 atom stereocenters. The van der Waals surface area contributed by atoms with E-state index in [9.17, 15) is 9.18 Å². The van der Waals surface area contributed by atoms with Gasteiger partial charge in [0.1, 0.15) is 16.1 Å². The van der Waals surface area contributed by atoms with Crippen molar-refractivity contribution in [1.82, 2.24) is 15.2 Å². The number of nitrogens with one attached hydrogen (secondary N) is 1. The predicted octanol–water partition coefficient (Wildman–Crippen LogP) is 3.56. The van der Waals surface area contributed by atoms with Crippen LogP contribution in [0.3, 0.4) is 0 Å². The Hall–Kier alpha value is -1.69. The molecule has 1 unspecified atom stereocenters. The standard InChI is InChI=1S/C16H16Cl2FN3O/c1-22(2)13(10-3-5-12(19)6-4-10)9-20-16(23)11-7-14(17)21-15(18)8-11/h3-8,13H,9H2,1-2H3,(H,20,23). The SMILES string of the molecule is CN(C)C(CNC(=O)c1cc(Cl)nc(Cl)c1)c1ccc(F)cc1. The number of halogens is 3. The fourth-order valence-electron chi connectivity index (χ4n) is 2.17. The van der Waals surface area contributed by atoms with Crippen LogP contribution < -0.4 is 5.32 Å². The first kappa shape index (κ1) is 17.7. The van der Waals surface area contributed by atoms with Crippen molar-refractivity contribution in [2.45, 2.75) is 6.04 Å². The van der Waals surface area contributed by atoms with Gasteiger partial charge in [0, 0.05) is 12.1 Å². The lowest BCUT2D eigenvalue weighted by atomic mass is 10.1. The number of likely N-dealkylation sites (N-methyl/N-ethyl adjacent to an activating group) is 1. The summed E-state index contributed by atoms with van der Waals surface area (Å²) >= 11 is 11.6. The van der Waals surface area contributed by atoms with Gasteiger partial charge >= 0.3 is 0 Å². The van der Waals surface area contributed by atoms with Crippen LogP contribution in [0.2, 0.25) is 10.3 Å². The summed E-state index contributed by atoms with van der Waals surface area (Å²) in [4.78, 5) is 18.0. The first-order valence-corrected chi connectivity index (χ1v) is 7.65. The number of rotatable bonds is 5. The zero-order valence-electron chi connectivity index (χ0n) is 12.7. The monoisotopic (exact) mass is 355 g/mol. The smallest absolute Gasteiger partial charge is 0.251 e. The molecule has 0 aliphatic carbocycles. The Balaban J connectivity index is 2.09. The Morgan fingerprint density at radius 2 is 1.78 bits per heavy atom. The van der Waals surface area contributed by atoms with Gasteiger partial charge in [-0.2, -0.15) is 0 Å². The third-order valence-corrected chi connectivity index (χ3v) is 3.75. The maximum atomic E-state index is 13.0. The van der Waals surface area contributed by atoms with Crippen molar-refractivity contribution in [3.8, 4) is 0 Å². The predicted molar refractivity (Wildman–Crippen MR) is 89.4 cm³/mol. The molecule has 1 amide bonds. The average Bonchev–Trinajstić information content (AvgIpc) is 2.47. The molecule has 0 fully saturated rings. The van der Waals surface area contributed by atoms with E-state index in [2.05, 4.69) is 10.3 Å². The van der Waals surface area contributed by atoms with Gasteiger partial charge in [0.15, 0.2) is 0 Å². The van der Waals surface area contributed by atoms with Gasteiger partial charge in [-0.15, -0.1) is 0 Å². The van der Waals surface area contributed by atoms with Gasteiger partial charge in [-0.05, 0) is 43.9 Å². The van der Waals surface area contributed by atoms with Gasteiger partial charge in [-0.3, -0.25) is 4.79 Å². The molecule has 0 aliphatic rings. The van der Waals surface area contributed by atoms with Crippen molar-refractivity contribution in [2.75, 3.05) is 20.6 Å². The zero-order valence-corrected chi connectivity index (χ0v) is 14.2. The number of benzene rings is 1. The lowest BCUT2D eigenvalue weighted by molar-refractivity contribution is 0.0942. The highest BCUT2D eigenvalue weighted by Crippen LogP contribution is 2.19. The van der Waals surface area contributed by atoms with Crippen molar-refractivity contribution in [3.63, 3.8) is 0 Å². The van der Waals surface area contributed by atoms with E-state index in [0.717, 1.165) is 5.56 Å². The molecule has 2 aromatic rings. The number of carbonyl (C=O) groups is 1. The second kappa shape index (κ2) is 7.73. The van der Waals surface area contributed by atoms with Gasteiger partial charge in [0.2, 0.25) is 0 Å². The molecule has 1 aromatic heterocycles. The number of pyridine rings is 1. The number of carbonyl (C=O) groups excluding carboxylic acids is 1. The minimum Gasteiger partial charge on any atom is -0.350 e. The van der Waals surface area contributed by atoms with E-state index in [4.69, 9.17) is 23.2 Å². The van der Waals surface area contributed by atoms with E-state index >= 15 is 0 Å². The molecular weight excluding hydrogens is 340 g/mol. The first-order valence-electron chi connectivity index (χ1n) is 6.90. The molecule has 0 saturated carbocycles. The highest BCUT2D eigenvalue weighted by atomic mass is 35.5. The number of nitrogens with zero attached hydrogens (tertiary/aromatic N) is 2. The van der Waals surface area contributed by atoms with Crippen LogP contribution in [0.4, 0.5) is 4.39 Å². The Labute approximate surface area is 144 Å². The minimum atomic E-state index is -0.301. The molecule has 4 nitrogen and oxygen atoms in total. The summed E-state index contributed by atoms with van der Waals surface area (Å²) in [7, 11) is 3.78. The van der Waals surface area contributed by atoms with Crippen molar-refractivity contribution in [2.24, 2.45) is 0 Å². The van der Waals surface area contributed by atoms with Gasteiger partial charge < -0.3 is 10.2 Å². The van der Waals surface area contributed by atoms with Crippen LogP contribution in [0.1, 0.15) is 22.0 Å². The molecule has 122 valence electrons. The summed E-state index contributed by atoms with van der Waals surface area (Å²) in [6.07, 6.45) is 0. The first-order chi connectivity index (χ1) is 10.9. The molecule has 0 saturated heterocycles. The van der Waals surface area contributed by atoms with Crippen molar-refractivity contribution < 1.29 is 9.18 Å². The Bertz CT molecular complexity index is 672. The molecule has 2 rings (SSSR count). The van der Waals surface area contributed by atoms with Crippen LogP contribution >= 0.6 is 23.2 Å². The quantitative estimate of drug-likeness (QED) is 0.834. The summed E-state index contributed by atoms with van der Waals surface area (Å²) in [6, 6.07) is 9.01. The molecule has 0 radical (unpaired) electrons. The summed E-state index contributed by atoms with van der Waals surface area (Å²) < 4.78 is 13.0. The van der Waals surface area contributed by atoms with Crippen LogP contribution in [0, 0.1) is 5.82 Å². The second-order valence-electron chi connectivity index (χ2n) is 5.24. The molecule has 0 spiro atoms. The summed E-state index contributed by atoms with van der Waals surface area (Å²) in [5, 5.41) is 3.14. The zero-order chi connectivity index (χ0) is 17.0. The van der Waals surface area contributed by atoms with Crippen LogP contribution in [0.25, 0.3) is 0 Å². The lowest BCUT2D eigenvalue weighted by Crippen LogP contribution is -2.34. The number of hydrogen-bond donors (Lipinski definition) is 1. The van der Waals surface area contributed by atoms with Crippen LogP contribution in [0.5, 0.6) is 0 Å². The highest BCUT2D eigenvalue weighted by Gasteiger charge is 2.16. The maximum absolute atomic E-state index is 13.0. The third-order valence-electron chi connectivity index (χ3n) is 3.36. The maximum Gasteiger partial charge on any atom is 0.251 e. The van der Waals surface area contributed by atoms with E-state index in [-0.39, 0.29) is 28.1 Å². The lowest BCUT2D eigenvalue weighted by Gasteiger charge is -2.25. The van der Waals surface area contributed by atoms with Crippen LogP contribution in [0.15, 0.2) is 36.4 Å². The fourth-order valence-corrected chi connectivity index (χ4v) is 2.63. The van der Waals surface area contributed by atoms with Crippen LogP contribution in [-0.2, 0) is 0 Å². The van der Waals surface area contributed by atoms with E-state index in [1.165, 1.54) is 24.3 Å². The van der Waals surface area contributed by atoms with E-state index < -0.39 is 0 Å². The average molecular weight is 356 g/mol. The molecule has 1 heterocycles. The summed E-state index contributed by atoms with van der Waals surface area (Å²) in [6.45, 7) is 0.356. The minimum absolute atomic E-state index is 0.0904. The molecular formula is C16H16Cl2FN3O. The largest absolute Gasteiger partial charge is 0.350 e. The van der Waals surface area contributed by atoms with Gasteiger partial charge in [0.25, 0.3) is 5.91 Å². The number of amides is 1. The Morgan fingerprint density at radius 1 is 1.22 bits per heavy atom. The van der Waals surface area contributed by atoms with E-state index in [1.807, 2.05) is 19.0 Å². The van der Waals surface area contributed by atoms with E-state index in [1.54, 1.807) is 12.1 Å². The fraction of sp³-hybridized carbons (Fsp3) is 0.250. The van der Waals surface area contributed by atoms with Gasteiger partial charge in [-0.25, -0.2) is 9.37 Å². The number of hydrogen-bond acceptors (Lipinski definition) is 3. The van der Waals surface area contributed by atoms with E-state index in [0.29, 0.717) is 12.1 Å². The molecule has 0 bridgehead atoms. The normalized spacial score (nSPS) is 12.3. The molecule has 0 aliphatic heterocycles. The van der Waals surface area contributed by atoms with Crippen molar-refractivity contribution in [3.05, 3.63) is 63.6 Å². The third kappa shape index (κ3) is 4.89. The molecule has 7 heteroatoms. The van der Waals surface area contributed by atoms with Gasteiger partial charge in [-0.1, -0.05) is 35.3 Å². The molecule has 1 aromatic carbocycles. The van der Waals surface area contributed by atoms with Crippen LogP contribution in [-0.4, -0.2) is 36.4 Å². The topological polar surface area (TPSA) is 45.2 Å². The molecule has 23 heavy (non-hydrogen) atoms. The summed E-state index contributed by atoms with van der Waals surface area (Å²) in [5.74, 6) is -0.596. The van der Waals surface area contributed by atoms with Crippen molar-refractivity contribution >= 4 is 29.1 Å². The number of aromatic nitrogens is 1. The highest BCUT2D eigenvalue weighted by molar-refractivity contribution is 6.33. The molecule has 1 N–H and O–H groups in total. The summed E-state index contributed by atoms with van der Waals surface area (Å²) in [5.41, 5.74) is 1.24. The second-order valence-corrected chi connectivity index (χ2v) is 6.02. The Kier molecular flexibility index (Phi) is 5.93. The van der Waals surface area contributed by atoms with Gasteiger partial charge in [0.05, 0.1) is 6.04 Å². The van der Waals surface area contributed by atoms with Crippen molar-refractivity contribution in [1.29, 1.82) is 0 Å².